The lowest BCUT2D eigenvalue weighted by Crippen LogP contribution is -2.28. The molecule has 0 aromatic carbocycles. The highest BCUT2D eigenvalue weighted by Gasteiger charge is 2.35. The second-order valence-electron chi connectivity index (χ2n) is 4.62. The molecular weight excluding hydrogens is 182 g/mol. The van der Waals surface area contributed by atoms with Crippen LogP contribution >= 0.6 is 0 Å². The van der Waals surface area contributed by atoms with Crippen LogP contribution in [0.5, 0.6) is 0 Å². The summed E-state index contributed by atoms with van der Waals surface area (Å²) in [5.74, 6) is -2.13. The molecule has 0 amide bonds. The SMILES string of the molecule is CC1CCC(C(C)(F)F)CC1.CCC. The van der Waals surface area contributed by atoms with Crippen LogP contribution in [0.15, 0.2) is 0 Å². The van der Waals surface area contributed by atoms with Gasteiger partial charge >= 0.3 is 0 Å². The van der Waals surface area contributed by atoms with Gasteiger partial charge in [0.1, 0.15) is 0 Å². The van der Waals surface area contributed by atoms with Crippen molar-refractivity contribution >= 4 is 0 Å². The molecule has 0 saturated heterocycles. The van der Waals surface area contributed by atoms with E-state index in [4.69, 9.17) is 0 Å². The summed E-state index contributed by atoms with van der Waals surface area (Å²) in [6, 6.07) is 0. The molecule has 0 spiro atoms. The van der Waals surface area contributed by atoms with Crippen molar-refractivity contribution in [2.45, 2.75) is 65.7 Å². The molecule has 0 N–H and O–H groups in total. The predicted molar refractivity (Wildman–Crippen MR) is 57.7 cm³/mol. The van der Waals surface area contributed by atoms with Crippen LogP contribution in [-0.4, -0.2) is 5.92 Å². The molecular formula is C12H24F2. The summed E-state index contributed by atoms with van der Waals surface area (Å²) in [6.07, 6.45) is 4.64. The first-order chi connectivity index (χ1) is 6.41. The predicted octanol–water partition coefficient (Wildman–Crippen LogP) is 4.88. The van der Waals surface area contributed by atoms with Gasteiger partial charge in [0, 0.05) is 5.92 Å². The number of halogens is 2. The van der Waals surface area contributed by atoms with Gasteiger partial charge < -0.3 is 0 Å². The fourth-order valence-electron chi connectivity index (χ4n) is 1.77. The molecule has 2 heteroatoms. The van der Waals surface area contributed by atoms with Crippen LogP contribution in [0.2, 0.25) is 0 Å². The minimum atomic E-state index is -2.44. The average Bonchev–Trinajstić information content (AvgIpc) is 2.04. The Morgan fingerprint density at radius 1 is 1.07 bits per heavy atom. The van der Waals surface area contributed by atoms with E-state index in [1.165, 1.54) is 6.42 Å². The number of hydrogen-bond donors (Lipinski definition) is 0. The number of hydrogen-bond acceptors (Lipinski definition) is 0. The molecule has 0 radical (unpaired) electrons. The normalized spacial score (nSPS) is 27.9. The molecule has 0 aromatic heterocycles. The molecule has 14 heavy (non-hydrogen) atoms. The summed E-state index contributed by atoms with van der Waals surface area (Å²) < 4.78 is 25.5. The molecule has 1 rings (SSSR count). The van der Waals surface area contributed by atoms with Crippen molar-refractivity contribution in [2.24, 2.45) is 11.8 Å². The van der Waals surface area contributed by atoms with E-state index < -0.39 is 5.92 Å². The molecule has 1 aliphatic carbocycles. The van der Waals surface area contributed by atoms with Crippen molar-refractivity contribution in [3.63, 3.8) is 0 Å². The zero-order valence-electron chi connectivity index (χ0n) is 9.95. The van der Waals surface area contributed by atoms with Crippen LogP contribution in [0.25, 0.3) is 0 Å². The molecule has 1 fully saturated rings. The van der Waals surface area contributed by atoms with E-state index in [0.29, 0.717) is 18.8 Å². The quantitative estimate of drug-likeness (QED) is 0.573. The standard InChI is InChI=1S/C9H16F2.C3H8/c1-7-3-5-8(6-4-7)9(2,10)11;1-3-2/h7-8H,3-6H2,1-2H3;3H2,1-2H3. The Morgan fingerprint density at radius 3 is 1.71 bits per heavy atom. The van der Waals surface area contributed by atoms with Gasteiger partial charge in [-0.2, -0.15) is 0 Å². The first-order valence-electron chi connectivity index (χ1n) is 5.79. The van der Waals surface area contributed by atoms with Crippen molar-refractivity contribution in [3.05, 3.63) is 0 Å². The molecule has 0 heterocycles. The average molecular weight is 206 g/mol. The zero-order chi connectivity index (χ0) is 11.2. The lowest BCUT2D eigenvalue weighted by Gasteiger charge is -2.30. The van der Waals surface area contributed by atoms with Crippen molar-refractivity contribution in [1.82, 2.24) is 0 Å². The molecule has 1 saturated carbocycles. The van der Waals surface area contributed by atoms with Gasteiger partial charge in [-0.15, -0.1) is 0 Å². The summed E-state index contributed by atoms with van der Waals surface area (Å²) in [5.41, 5.74) is 0. The third-order valence-corrected chi connectivity index (χ3v) is 2.73. The minimum Gasteiger partial charge on any atom is -0.207 e. The van der Waals surface area contributed by atoms with Crippen LogP contribution in [0.3, 0.4) is 0 Å². The second-order valence-corrected chi connectivity index (χ2v) is 4.62. The molecule has 0 bridgehead atoms. The highest BCUT2D eigenvalue weighted by molar-refractivity contribution is 4.78. The molecule has 0 aliphatic heterocycles. The smallest absolute Gasteiger partial charge is 0.207 e. The van der Waals surface area contributed by atoms with E-state index in [0.717, 1.165) is 19.8 Å². The lowest BCUT2D eigenvalue weighted by atomic mass is 9.80. The number of rotatable bonds is 1. The monoisotopic (exact) mass is 206 g/mol. The van der Waals surface area contributed by atoms with E-state index in [-0.39, 0.29) is 5.92 Å². The summed E-state index contributed by atoms with van der Waals surface area (Å²) >= 11 is 0. The largest absolute Gasteiger partial charge is 0.248 e. The van der Waals surface area contributed by atoms with Gasteiger partial charge in [0.15, 0.2) is 0 Å². The van der Waals surface area contributed by atoms with Gasteiger partial charge in [0.2, 0.25) is 5.92 Å². The van der Waals surface area contributed by atoms with Gasteiger partial charge in [0.25, 0.3) is 0 Å². The maximum atomic E-state index is 12.7. The summed E-state index contributed by atoms with van der Waals surface area (Å²) in [5, 5.41) is 0. The minimum absolute atomic E-state index is 0.348. The van der Waals surface area contributed by atoms with Crippen molar-refractivity contribution in [1.29, 1.82) is 0 Å². The maximum absolute atomic E-state index is 12.7. The Balaban J connectivity index is 0.000000500. The maximum Gasteiger partial charge on any atom is 0.248 e. The Kier molecular flexibility index (Phi) is 6.30. The highest BCUT2D eigenvalue weighted by Crippen LogP contribution is 2.37. The highest BCUT2D eigenvalue weighted by atomic mass is 19.3. The van der Waals surface area contributed by atoms with Crippen molar-refractivity contribution < 1.29 is 8.78 Å². The Labute approximate surface area is 87.1 Å². The first-order valence-corrected chi connectivity index (χ1v) is 5.79. The topological polar surface area (TPSA) is 0 Å². The van der Waals surface area contributed by atoms with E-state index in [2.05, 4.69) is 20.8 Å². The van der Waals surface area contributed by atoms with E-state index in [9.17, 15) is 8.78 Å². The number of alkyl halides is 2. The lowest BCUT2D eigenvalue weighted by molar-refractivity contribution is -0.0569. The Hall–Kier alpha value is -0.140. The summed E-state index contributed by atoms with van der Waals surface area (Å²) in [4.78, 5) is 0. The molecule has 0 aromatic rings. The third-order valence-electron chi connectivity index (χ3n) is 2.73. The van der Waals surface area contributed by atoms with Crippen LogP contribution in [0, 0.1) is 11.8 Å². The molecule has 1 aliphatic rings. The van der Waals surface area contributed by atoms with Gasteiger partial charge in [0.05, 0.1) is 0 Å². The van der Waals surface area contributed by atoms with E-state index >= 15 is 0 Å². The first kappa shape index (κ1) is 13.9. The fraction of sp³-hybridized carbons (Fsp3) is 1.00. The Morgan fingerprint density at radius 2 is 1.43 bits per heavy atom. The van der Waals surface area contributed by atoms with E-state index in [1.807, 2.05) is 0 Å². The van der Waals surface area contributed by atoms with Crippen LogP contribution in [0.4, 0.5) is 8.78 Å². The van der Waals surface area contributed by atoms with Gasteiger partial charge in [-0.05, 0) is 25.7 Å². The fourth-order valence-corrected chi connectivity index (χ4v) is 1.77. The second kappa shape index (κ2) is 6.36. The third kappa shape index (κ3) is 5.56. The molecule has 0 nitrogen and oxygen atoms in total. The van der Waals surface area contributed by atoms with Crippen LogP contribution < -0.4 is 0 Å². The van der Waals surface area contributed by atoms with Crippen LogP contribution in [0.1, 0.15) is 59.8 Å². The summed E-state index contributed by atoms with van der Waals surface area (Å²) in [6.45, 7) is 7.44. The van der Waals surface area contributed by atoms with Crippen LogP contribution in [-0.2, 0) is 0 Å². The molecule has 0 unspecified atom stereocenters. The van der Waals surface area contributed by atoms with Gasteiger partial charge in [-0.3, -0.25) is 0 Å². The van der Waals surface area contributed by atoms with Crippen molar-refractivity contribution in [2.75, 3.05) is 0 Å². The summed E-state index contributed by atoms with van der Waals surface area (Å²) in [7, 11) is 0. The van der Waals surface area contributed by atoms with Crippen molar-refractivity contribution in [3.8, 4) is 0 Å². The van der Waals surface area contributed by atoms with E-state index in [1.54, 1.807) is 0 Å². The van der Waals surface area contributed by atoms with Gasteiger partial charge in [-0.25, -0.2) is 8.78 Å². The zero-order valence-corrected chi connectivity index (χ0v) is 9.95. The molecule has 86 valence electrons. The molecule has 0 atom stereocenters. The Bertz CT molecular complexity index is 130. The van der Waals surface area contributed by atoms with Gasteiger partial charge in [-0.1, -0.05) is 40.0 Å².